The van der Waals surface area contributed by atoms with Gasteiger partial charge in [-0.05, 0) is 49.0 Å². The fourth-order valence-corrected chi connectivity index (χ4v) is 5.72. The van der Waals surface area contributed by atoms with Gasteiger partial charge in [0.2, 0.25) is 0 Å². The van der Waals surface area contributed by atoms with Gasteiger partial charge in [-0.3, -0.25) is 4.79 Å². The molecule has 0 spiro atoms. The minimum absolute atomic E-state index is 0.0135. The van der Waals surface area contributed by atoms with Gasteiger partial charge in [0.15, 0.2) is 5.11 Å². The number of nitrogens with one attached hydrogen (secondary N) is 1. The number of cyclic esters (lactones) is 1. The second-order valence-electron chi connectivity index (χ2n) is 7.32. The Kier molecular flexibility index (Phi) is 5.58. The van der Waals surface area contributed by atoms with E-state index in [1.54, 1.807) is 24.3 Å². The maximum atomic E-state index is 13.5. The van der Waals surface area contributed by atoms with E-state index in [1.807, 2.05) is 13.0 Å². The van der Waals surface area contributed by atoms with Gasteiger partial charge in [-0.2, -0.15) is 5.26 Å². The monoisotopic (exact) mass is 470 g/mol. The highest BCUT2D eigenvalue weighted by atomic mass is 32.2. The molecule has 164 valence electrons. The first-order valence-electron chi connectivity index (χ1n) is 9.64. The highest BCUT2D eigenvalue weighted by Gasteiger charge is 2.50. The molecule has 11 heteroatoms. The molecule has 2 saturated heterocycles. The Balaban J connectivity index is 1.81. The van der Waals surface area contributed by atoms with E-state index in [-0.39, 0.29) is 23.2 Å². The van der Waals surface area contributed by atoms with Crippen molar-refractivity contribution < 1.29 is 22.7 Å². The van der Waals surface area contributed by atoms with Crippen molar-refractivity contribution in [3.63, 3.8) is 0 Å². The summed E-state index contributed by atoms with van der Waals surface area (Å²) < 4.78 is 32.9. The van der Waals surface area contributed by atoms with Gasteiger partial charge < -0.3 is 10.1 Å². The fraction of sp³-hybridized carbons (Fsp3) is 0.238. The van der Waals surface area contributed by atoms with Crippen molar-refractivity contribution in [3.05, 3.63) is 65.2 Å². The number of thiocarbonyl (C=S) groups is 1. The van der Waals surface area contributed by atoms with Crippen LogP contribution in [0.25, 0.3) is 0 Å². The Labute approximate surface area is 190 Å². The normalized spacial score (nSPS) is 20.6. The number of sulfonamides is 1. The molecule has 0 aromatic heterocycles. The fourth-order valence-electron chi connectivity index (χ4n) is 3.66. The van der Waals surface area contributed by atoms with Crippen molar-refractivity contribution in [2.45, 2.75) is 23.9 Å². The van der Waals surface area contributed by atoms with E-state index >= 15 is 0 Å². The zero-order chi connectivity index (χ0) is 23.0. The third-order valence-electron chi connectivity index (χ3n) is 5.30. The lowest BCUT2D eigenvalue weighted by atomic mass is 9.99. The number of amides is 2. The van der Waals surface area contributed by atoms with Crippen molar-refractivity contribution >= 4 is 39.4 Å². The number of benzene rings is 2. The maximum Gasteiger partial charge on any atom is 0.416 e. The van der Waals surface area contributed by atoms with Crippen LogP contribution < -0.4 is 5.32 Å². The number of aryl methyl sites for hydroxylation is 1. The second kappa shape index (κ2) is 8.22. The summed E-state index contributed by atoms with van der Waals surface area (Å²) >= 11 is 5.34. The molecular weight excluding hydrogens is 452 g/mol. The summed E-state index contributed by atoms with van der Waals surface area (Å²) in [6.07, 6.45) is -0.791. The van der Waals surface area contributed by atoms with Crippen molar-refractivity contribution in [2.75, 3.05) is 13.2 Å². The van der Waals surface area contributed by atoms with Gasteiger partial charge in [-0.25, -0.2) is 22.4 Å². The molecule has 9 nitrogen and oxygen atoms in total. The maximum absolute atomic E-state index is 13.5. The number of hydrogen-bond donors (Lipinski definition) is 1. The van der Waals surface area contributed by atoms with Gasteiger partial charge in [-0.15, -0.1) is 0 Å². The van der Waals surface area contributed by atoms with Crippen LogP contribution in [-0.2, 0) is 19.6 Å². The first kappa shape index (κ1) is 21.7. The Hall–Kier alpha value is -3.49. The molecule has 0 aliphatic carbocycles. The summed E-state index contributed by atoms with van der Waals surface area (Å²) in [5.74, 6) is -0.647. The zero-order valence-corrected chi connectivity index (χ0v) is 18.5. The molecule has 0 bridgehead atoms. The first-order valence-corrected chi connectivity index (χ1v) is 11.5. The van der Waals surface area contributed by atoms with E-state index in [0.29, 0.717) is 11.1 Å². The second-order valence-corrected chi connectivity index (χ2v) is 9.53. The van der Waals surface area contributed by atoms with Crippen LogP contribution in [-0.4, -0.2) is 53.9 Å². The summed E-state index contributed by atoms with van der Waals surface area (Å²) in [5.41, 5.74) is 1.70. The number of carbonyl (C=O) groups excluding carboxylic acids is 2. The molecule has 2 fully saturated rings. The number of ether oxygens (including phenoxy) is 1. The van der Waals surface area contributed by atoms with Gasteiger partial charge in [0.1, 0.15) is 18.7 Å². The molecule has 2 aliphatic heterocycles. The van der Waals surface area contributed by atoms with E-state index < -0.39 is 34.1 Å². The molecule has 32 heavy (non-hydrogen) atoms. The minimum Gasteiger partial charge on any atom is -0.447 e. The van der Waals surface area contributed by atoms with Crippen molar-refractivity contribution in [1.29, 1.82) is 5.26 Å². The van der Waals surface area contributed by atoms with Crippen LogP contribution in [0.2, 0.25) is 0 Å². The van der Waals surface area contributed by atoms with Crippen LogP contribution >= 0.6 is 12.2 Å². The molecular formula is C21H18N4O5S2. The number of carbonyl (C=O) groups is 2. The van der Waals surface area contributed by atoms with Gasteiger partial charge in [0.25, 0.3) is 15.9 Å². The molecule has 2 amide bonds. The SMILES string of the molecule is Cc1ccc(S(=O)(=O)N2C(=S)N[C@H](C(=O)N3CCOC3=O)[C@@H]2c2ccc(C#N)cc2)cc1. The Bertz CT molecular complexity index is 1240. The molecule has 2 aromatic rings. The number of imide groups is 1. The van der Waals surface area contributed by atoms with Crippen LogP contribution in [0.15, 0.2) is 53.4 Å². The van der Waals surface area contributed by atoms with Crippen LogP contribution in [0, 0.1) is 18.3 Å². The molecule has 0 radical (unpaired) electrons. The molecule has 2 aromatic carbocycles. The lowest BCUT2D eigenvalue weighted by Gasteiger charge is -2.28. The van der Waals surface area contributed by atoms with E-state index in [0.717, 1.165) is 14.8 Å². The smallest absolute Gasteiger partial charge is 0.416 e. The molecule has 2 heterocycles. The van der Waals surface area contributed by atoms with Crippen molar-refractivity contribution in [2.24, 2.45) is 0 Å². The van der Waals surface area contributed by atoms with E-state index in [2.05, 4.69) is 5.32 Å². The average molecular weight is 471 g/mol. The standard InChI is InChI=1S/C21H18N4O5S2/c1-13-2-8-16(9-3-13)32(28,29)25-18(15-6-4-14(12-22)5-7-15)17(23-20(25)31)19(26)24-10-11-30-21(24)27/h2-9,17-18H,10-11H2,1H3,(H,23,31)/t17-,18-/m0/s1. The third kappa shape index (κ3) is 3.68. The third-order valence-corrected chi connectivity index (χ3v) is 7.53. The van der Waals surface area contributed by atoms with Crippen molar-refractivity contribution in [1.82, 2.24) is 14.5 Å². The quantitative estimate of drug-likeness (QED) is 0.672. The topological polar surface area (TPSA) is 120 Å². The van der Waals surface area contributed by atoms with E-state index in [1.165, 1.54) is 24.3 Å². The predicted octanol–water partition coefficient (Wildman–Crippen LogP) is 1.83. The molecule has 2 aliphatic rings. The summed E-state index contributed by atoms with van der Waals surface area (Å²) in [4.78, 5) is 26.1. The Morgan fingerprint density at radius 3 is 2.41 bits per heavy atom. The molecule has 0 saturated carbocycles. The first-order chi connectivity index (χ1) is 15.2. The lowest BCUT2D eigenvalue weighted by molar-refractivity contribution is -0.130. The molecule has 0 unspecified atom stereocenters. The zero-order valence-electron chi connectivity index (χ0n) is 16.9. The highest BCUT2D eigenvalue weighted by Crippen LogP contribution is 2.36. The van der Waals surface area contributed by atoms with Gasteiger partial charge in [0, 0.05) is 0 Å². The van der Waals surface area contributed by atoms with Crippen molar-refractivity contribution in [3.8, 4) is 6.07 Å². The minimum atomic E-state index is -4.14. The van der Waals surface area contributed by atoms with Crippen LogP contribution in [0.5, 0.6) is 0 Å². The van der Waals surface area contributed by atoms with E-state index in [9.17, 15) is 18.0 Å². The lowest BCUT2D eigenvalue weighted by Crippen LogP contribution is -2.47. The van der Waals surface area contributed by atoms with Crippen LogP contribution in [0.3, 0.4) is 0 Å². The highest BCUT2D eigenvalue weighted by molar-refractivity contribution is 7.91. The summed E-state index contributed by atoms with van der Waals surface area (Å²) in [6, 6.07) is 12.2. The predicted molar refractivity (Wildman–Crippen MR) is 117 cm³/mol. The number of hydrogen-bond acceptors (Lipinski definition) is 7. The summed E-state index contributed by atoms with van der Waals surface area (Å²) in [5, 5.41) is 11.7. The van der Waals surface area contributed by atoms with Gasteiger partial charge in [0.05, 0.1) is 23.1 Å². The summed E-state index contributed by atoms with van der Waals surface area (Å²) in [6.45, 7) is 1.96. The molecule has 2 atom stereocenters. The number of rotatable bonds is 4. The van der Waals surface area contributed by atoms with E-state index in [4.69, 9.17) is 22.2 Å². The van der Waals surface area contributed by atoms with Crippen LogP contribution in [0.1, 0.15) is 22.7 Å². The molecule has 4 rings (SSSR count). The number of nitrogens with zero attached hydrogens (tertiary/aromatic N) is 3. The average Bonchev–Trinajstić information content (AvgIpc) is 3.37. The van der Waals surface area contributed by atoms with Crippen LogP contribution in [0.4, 0.5) is 4.79 Å². The largest absolute Gasteiger partial charge is 0.447 e. The Morgan fingerprint density at radius 1 is 1.19 bits per heavy atom. The van der Waals surface area contributed by atoms with Gasteiger partial charge >= 0.3 is 6.09 Å². The van der Waals surface area contributed by atoms with Gasteiger partial charge in [-0.1, -0.05) is 29.8 Å². The molecule has 1 N–H and O–H groups in total. The number of nitriles is 1. The Morgan fingerprint density at radius 2 is 1.84 bits per heavy atom. The summed E-state index contributed by atoms with van der Waals surface area (Å²) in [7, 11) is -4.14.